The molecule has 1 saturated heterocycles. The summed E-state index contributed by atoms with van der Waals surface area (Å²) in [7, 11) is 0. The smallest absolute Gasteiger partial charge is 0.336 e. The van der Waals surface area contributed by atoms with Crippen molar-refractivity contribution in [3.8, 4) is 0 Å². The lowest BCUT2D eigenvalue weighted by Crippen LogP contribution is -2.44. The molecule has 6 rings (SSSR count). The average Bonchev–Trinajstić information content (AvgIpc) is 3.88. The quantitative estimate of drug-likeness (QED) is 0.0303. The zero-order chi connectivity index (χ0) is 52.8. The molecule has 1 saturated carbocycles. The van der Waals surface area contributed by atoms with E-state index in [1.807, 2.05) is 66.7 Å². The van der Waals surface area contributed by atoms with Crippen molar-refractivity contribution in [2.75, 3.05) is 59.1 Å². The summed E-state index contributed by atoms with van der Waals surface area (Å²) in [6, 6.07) is 38.8. The Hall–Kier alpha value is -5.48. The Balaban J connectivity index is 0.000000263. The van der Waals surface area contributed by atoms with E-state index >= 15 is 0 Å². The highest BCUT2D eigenvalue weighted by atomic mass is 16.6. The number of piperidine rings is 1. The van der Waals surface area contributed by atoms with Crippen LogP contribution in [0, 0.1) is 5.92 Å². The molecule has 0 amide bonds. The Morgan fingerprint density at radius 2 is 1.19 bits per heavy atom. The van der Waals surface area contributed by atoms with Crippen molar-refractivity contribution < 1.29 is 59.3 Å². The van der Waals surface area contributed by atoms with E-state index in [9.17, 15) is 29.4 Å². The minimum atomic E-state index is -2.74. The third-order valence-electron chi connectivity index (χ3n) is 14.1. The van der Waals surface area contributed by atoms with E-state index < -0.39 is 53.5 Å². The van der Waals surface area contributed by atoms with Crippen molar-refractivity contribution in [1.82, 2.24) is 9.80 Å². The number of rotatable bonds is 23. The van der Waals surface area contributed by atoms with Crippen LogP contribution in [0.4, 0.5) is 0 Å². The van der Waals surface area contributed by atoms with E-state index in [4.69, 9.17) is 29.9 Å². The minimum absolute atomic E-state index is 0.0847. The molecule has 0 bridgehead atoms. The molecule has 1 heterocycles. The summed E-state index contributed by atoms with van der Waals surface area (Å²) in [6.45, 7) is 18.4. The Morgan fingerprint density at radius 1 is 0.694 bits per heavy atom. The van der Waals surface area contributed by atoms with Gasteiger partial charge in [-0.1, -0.05) is 163 Å². The summed E-state index contributed by atoms with van der Waals surface area (Å²) in [5, 5.41) is 56.6. The summed E-state index contributed by atoms with van der Waals surface area (Å²) < 4.78 is 11.2. The van der Waals surface area contributed by atoms with Crippen molar-refractivity contribution >= 4 is 23.9 Å². The van der Waals surface area contributed by atoms with Crippen LogP contribution in [0.1, 0.15) is 133 Å². The molecule has 4 aromatic carbocycles. The van der Waals surface area contributed by atoms with E-state index in [0.717, 1.165) is 113 Å². The number of benzene rings is 4. The predicted molar refractivity (Wildman–Crippen MR) is 278 cm³/mol. The van der Waals surface area contributed by atoms with Crippen molar-refractivity contribution in [2.24, 2.45) is 5.92 Å². The van der Waals surface area contributed by atoms with Gasteiger partial charge in [-0.2, -0.15) is 0 Å². The average molecular weight is 997 g/mol. The molecular weight excluding hydrogens is 917 g/mol. The van der Waals surface area contributed by atoms with Gasteiger partial charge in [0.25, 0.3) is 0 Å². The summed E-state index contributed by atoms with van der Waals surface area (Å²) in [4.78, 5) is 48.0. The highest BCUT2D eigenvalue weighted by Gasteiger charge is 2.45. The monoisotopic (exact) mass is 997 g/mol. The fourth-order valence-corrected chi connectivity index (χ4v) is 9.70. The number of carboxylic acids is 3. The first-order chi connectivity index (χ1) is 34.3. The standard InChI is InChI=1S/C32H41NO2.C20H31NO3.C6H8O7/c1-31(2,3)26-18-16-25(17-19-26)30(34)15-10-22-33-23-20-29(21-24-33)32(35,27-11-6-4-7-12-27)28-13-8-5-9-14-28;1-3-21(4-2)14-15-23-16-17-24-19(22)20(12-8-9-13-20)18-10-6-5-7-11-18;7-3(8)1-6(13,5(11)12)2-4(9)10/h4-9,11-14,16-19,29-30,34-35H,10,15,20-24H2,1-3H3;5-7,10-11H,3-4,8-9,12-17H2,1-2H3;13H,1-2H2,(H,7,8)(H,9,10)(H,11,12). The molecule has 72 heavy (non-hydrogen) atoms. The zero-order valence-corrected chi connectivity index (χ0v) is 43.1. The van der Waals surface area contributed by atoms with Gasteiger partial charge in [-0.05, 0) is 110 Å². The number of carbonyl (C=O) groups excluding carboxylic acids is 1. The van der Waals surface area contributed by atoms with Gasteiger partial charge in [0.1, 0.15) is 12.2 Å². The summed E-state index contributed by atoms with van der Waals surface area (Å²) >= 11 is 0. The predicted octanol–water partition coefficient (Wildman–Crippen LogP) is 8.60. The number of likely N-dealkylation sites (tertiary alicyclic amines) is 1. The SMILES string of the molecule is CC(C)(C)c1ccc(C(O)CCCN2CCC(C(O)(c3ccccc3)c3ccccc3)CC2)cc1.CCN(CC)CCOCCOC(=O)C1(c2ccccc2)CCCC1.O=C(O)CC(O)(CC(=O)O)C(=O)O. The molecule has 2 aliphatic rings. The number of nitrogens with zero attached hydrogens (tertiary/aromatic N) is 2. The number of carboxylic acid groups (broad SMARTS) is 3. The maximum atomic E-state index is 12.7. The number of ether oxygens (including phenoxy) is 2. The topological polar surface area (TPSA) is 215 Å². The minimum Gasteiger partial charge on any atom is -0.481 e. The largest absolute Gasteiger partial charge is 0.481 e. The lowest BCUT2D eigenvalue weighted by atomic mass is 9.72. The van der Waals surface area contributed by atoms with Crippen LogP contribution < -0.4 is 0 Å². The van der Waals surface area contributed by atoms with Crippen LogP contribution in [-0.4, -0.2) is 129 Å². The second-order valence-corrected chi connectivity index (χ2v) is 20.1. The number of aliphatic carboxylic acids is 3. The summed E-state index contributed by atoms with van der Waals surface area (Å²) in [5.41, 5.74) is 1.33. The first kappa shape index (κ1) is 59.1. The first-order valence-corrected chi connectivity index (χ1v) is 25.6. The van der Waals surface area contributed by atoms with Gasteiger partial charge in [-0.25, -0.2) is 4.79 Å². The lowest BCUT2D eigenvalue weighted by Gasteiger charge is -2.42. The number of esters is 1. The molecule has 14 heteroatoms. The lowest BCUT2D eigenvalue weighted by molar-refractivity contribution is -0.170. The molecule has 1 aliphatic heterocycles. The van der Waals surface area contributed by atoms with E-state index in [-0.39, 0.29) is 17.3 Å². The van der Waals surface area contributed by atoms with Crippen LogP contribution in [0.15, 0.2) is 115 Å². The van der Waals surface area contributed by atoms with Gasteiger partial charge >= 0.3 is 23.9 Å². The van der Waals surface area contributed by atoms with Gasteiger partial charge in [0.15, 0.2) is 5.60 Å². The van der Waals surface area contributed by atoms with Crippen LogP contribution in [0.3, 0.4) is 0 Å². The third kappa shape index (κ3) is 17.3. The van der Waals surface area contributed by atoms with E-state index in [2.05, 4.69) is 92.9 Å². The van der Waals surface area contributed by atoms with E-state index in [1.165, 1.54) is 5.56 Å². The number of carbonyl (C=O) groups is 4. The van der Waals surface area contributed by atoms with Gasteiger partial charge < -0.3 is 49.9 Å². The summed E-state index contributed by atoms with van der Waals surface area (Å²) in [5.74, 6) is -4.93. The number of hydrogen-bond donors (Lipinski definition) is 6. The fourth-order valence-electron chi connectivity index (χ4n) is 9.70. The van der Waals surface area contributed by atoms with Gasteiger partial charge in [0, 0.05) is 6.54 Å². The van der Waals surface area contributed by atoms with Crippen LogP contribution in [0.5, 0.6) is 0 Å². The van der Waals surface area contributed by atoms with Crippen LogP contribution in [0.25, 0.3) is 0 Å². The third-order valence-corrected chi connectivity index (χ3v) is 14.1. The van der Waals surface area contributed by atoms with Gasteiger partial charge in [0.2, 0.25) is 0 Å². The molecule has 394 valence electrons. The molecule has 1 aliphatic carbocycles. The number of aliphatic hydroxyl groups is 3. The highest BCUT2D eigenvalue weighted by molar-refractivity contribution is 5.88. The molecule has 1 unspecified atom stereocenters. The molecule has 14 nitrogen and oxygen atoms in total. The zero-order valence-electron chi connectivity index (χ0n) is 43.1. The molecule has 0 spiro atoms. The van der Waals surface area contributed by atoms with Crippen LogP contribution >= 0.6 is 0 Å². The number of aliphatic hydroxyl groups excluding tert-OH is 1. The molecule has 2 fully saturated rings. The second kappa shape index (κ2) is 28.7. The second-order valence-electron chi connectivity index (χ2n) is 20.1. The Kier molecular flexibility index (Phi) is 23.5. The Morgan fingerprint density at radius 3 is 1.65 bits per heavy atom. The highest BCUT2D eigenvalue weighted by Crippen LogP contribution is 2.43. The summed E-state index contributed by atoms with van der Waals surface area (Å²) in [6.07, 6.45) is 4.90. The number of likely N-dealkylation sites (N-methyl/N-ethyl adjacent to an activating group) is 1. The van der Waals surface area contributed by atoms with Crippen molar-refractivity contribution in [3.05, 3.63) is 143 Å². The van der Waals surface area contributed by atoms with E-state index in [0.29, 0.717) is 19.8 Å². The van der Waals surface area contributed by atoms with Crippen molar-refractivity contribution in [2.45, 2.75) is 127 Å². The molecule has 0 aromatic heterocycles. The van der Waals surface area contributed by atoms with Gasteiger partial charge in [0.05, 0.1) is 37.6 Å². The maximum absolute atomic E-state index is 12.7. The first-order valence-electron chi connectivity index (χ1n) is 25.6. The van der Waals surface area contributed by atoms with E-state index in [1.54, 1.807) is 0 Å². The van der Waals surface area contributed by atoms with Gasteiger partial charge in [-0.15, -0.1) is 0 Å². The molecule has 6 N–H and O–H groups in total. The van der Waals surface area contributed by atoms with Crippen molar-refractivity contribution in [3.63, 3.8) is 0 Å². The fraction of sp³-hybridized carbons (Fsp3) is 0.517. The molecule has 1 atom stereocenters. The molecular formula is C58H80N2O12. The maximum Gasteiger partial charge on any atom is 0.336 e. The van der Waals surface area contributed by atoms with Crippen LogP contribution in [-0.2, 0) is 45.1 Å². The Bertz CT molecular complexity index is 2160. The van der Waals surface area contributed by atoms with Crippen LogP contribution in [0.2, 0.25) is 0 Å². The molecule has 0 radical (unpaired) electrons. The Labute approximate surface area is 426 Å². The number of hydrogen-bond acceptors (Lipinski definition) is 11. The van der Waals surface area contributed by atoms with Gasteiger partial charge in [-0.3, -0.25) is 14.4 Å². The normalized spacial score (nSPS) is 15.6. The molecule has 4 aromatic rings. The van der Waals surface area contributed by atoms with Crippen molar-refractivity contribution in [1.29, 1.82) is 0 Å².